The summed E-state index contributed by atoms with van der Waals surface area (Å²) in [5, 5.41) is 3.66. The van der Waals surface area contributed by atoms with Crippen molar-refractivity contribution in [3.8, 4) is 5.75 Å². The maximum Gasteiger partial charge on any atom is 0.119 e. The van der Waals surface area contributed by atoms with Crippen molar-refractivity contribution in [1.29, 1.82) is 0 Å². The van der Waals surface area contributed by atoms with E-state index in [4.69, 9.17) is 4.74 Å². The first kappa shape index (κ1) is 13.7. The van der Waals surface area contributed by atoms with Gasteiger partial charge >= 0.3 is 0 Å². The van der Waals surface area contributed by atoms with Gasteiger partial charge < -0.3 is 10.1 Å². The van der Waals surface area contributed by atoms with Gasteiger partial charge in [0.2, 0.25) is 0 Å². The SMILES string of the molecule is COc1ccc2c(c1)CCCC2Nc1ccc(I)cc1. The van der Waals surface area contributed by atoms with Gasteiger partial charge in [-0.1, -0.05) is 6.07 Å². The molecule has 0 amide bonds. The van der Waals surface area contributed by atoms with E-state index >= 15 is 0 Å². The molecule has 0 saturated heterocycles. The average molecular weight is 379 g/mol. The van der Waals surface area contributed by atoms with Gasteiger partial charge in [0.25, 0.3) is 0 Å². The van der Waals surface area contributed by atoms with Crippen molar-refractivity contribution in [2.45, 2.75) is 25.3 Å². The number of benzene rings is 2. The van der Waals surface area contributed by atoms with Crippen LogP contribution in [0.5, 0.6) is 5.75 Å². The summed E-state index contributed by atoms with van der Waals surface area (Å²) in [6, 6.07) is 15.4. The van der Waals surface area contributed by atoms with Gasteiger partial charge in [-0.3, -0.25) is 0 Å². The Morgan fingerprint density at radius 3 is 2.70 bits per heavy atom. The molecule has 1 N–H and O–H groups in total. The third-order valence-corrected chi connectivity index (χ3v) is 4.57. The number of anilines is 1. The minimum Gasteiger partial charge on any atom is -0.497 e. The van der Waals surface area contributed by atoms with E-state index in [1.54, 1.807) is 7.11 Å². The summed E-state index contributed by atoms with van der Waals surface area (Å²) in [5.41, 5.74) is 4.02. The summed E-state index contributed by atoms with van der Waals surface area (Å²) in [5.74, 6) is 0.957. The number of methoxy groups -OCH3 is 1. The van der Waals surface area contributed by atoms with Crippen LogP contribution >= 0.6 is 22.6 Å². The van der Waals surface area contributed by atoms with Crippen LogP contribution in [0.25, 0.3) is 0 Å². The molecule has 104 valence electrons. The minimum atomic E-state index is 0.407. The normalized spacial score (nSPS) is 17.4. The van der Waals surface area contributed by atoms with Gasteiger partial charge in [0.15, 0.2) is 0 Å². The lowest BCUT2D eigenvalue weighted by Gasteiger charge is -2.27. The second kappa shape index (κ2) is 6.04. The van der Waals surface area contributed by atoms with E-state index in [-0.39, 0.29) is 0 Å². The molecule has 1 unspecified atom stereocenters. The minimum absolute atomic E-state index is 0.407. The first-order valence-corrected chi connectivity index (χ1v) is 8.03. The molecule has 0 spiro atoms. The molecule has 0 radical (unpaired) electrons. The van der Waals surface area contributed by atoms with Crippen LogP contribution in [0.1, 0.15) is 30.0 Å². The number of aryl methyl sites for hydroxylation is 1. The van der Waals surface area contributed by atoms with Crippen molar-refractivity contribution in [2.24, 2.45) is 0 Å². The Labute approximate surface area is 133 Å². The Balaban J connectivity index is 1.84. The Morgan fingerprint density at radius 1 is 1.15 bits per heavy atom. The molecule has 1 atom stereocenters. The second-order valence-electron chi connectivity index (χ2n) is 5.16. The second-order valence-corrected chi connectivity index (χ2v) is 6.41. The van der Waals surface area contributed by atoms with E-state index in [0.717, 1.165) is 12.2 Å². The quantitative estimate of drug-likeness (QED) is 0.775. The summed E-state index contributed by atoms with van der Waals surface area (Å²) in [6.07, 6.45) is 3.56. The summed E-state index contributed by atoms with van der Waals surface area (Å²) in [6.45, 7) is 0. The predicted molar refractivity (Wildman–Crippen MR) is 91.5 cm³/mol. The van der Waals surface area contributed by atoms with Crippen LogP contribution in [0.2, 0.25) is 0 Å². The summed E-state index contributed by atoms with van der Waals surface area (Å²) >= 11 is 2.33. The topological polar surface area (TPSA) is 21.3 Å². The molecule has 20 heavy (non-hydrogen) atoms. The summed E-state index contributed by atoms with van der Waals surface area (Å²) in [7, 11) is 1.73. The van der Waals surface area contributed by atoms with Crippen LogP contribution in [0, 0.1) is 3.57 Å². The highest BCUT2D eigenvalue weighted by Crippen LogP contribution is 2.34. The largest absolute Gasteiger partial charge is 0.497 e. The number of hydrogen-bond donors (Lipinski definition) is 1. The van der Waals surface area contributed by atoms with Crippen LogP contribution in [-0.2, 0) is 6.42 Å². The molecule has 0 saturated carbocycles. The van der Waals surface area contributed by atoms with E-state index in [2.05, 4.69) is 70.4 Å². The highest BCUT2D eigenvalue weighted by molar-refractivity contribution is 14.1. The molecule has 1 aliphatic rings. The van der Waals surface area contributed by atoms with Crippen LogP contribution in [0.4, 0.5) is 5.69 Å². The summed E-state index contributed by atoms with van der Waals surface area (Å²) in [4.78, 5) is 0. The van der Waals surface area contributed by atoms with E-state index in [0.29, 0.717) is 6.04 Å². The molecule has 2 nitrogen and oxygen atoms in total. The van der Waals surface area contributed by atoms with Crippen molar-refractivity contribution in [1.82, 2.24) is 0 Å². The van der Waals surface area contributed by atoms with Crippen LogP contribution in [0.15, 0.2) is 42.5 Å². The molecule has 2 aromatic carbocycles. The molecule has 0 bridgehead atoms. The van der Waals surface area contributed by atoms with Crippen molar-refractivity contribution in [3.05, 3.63) is 57.2 Å². The molecule has 0 aliphatic heterocycles. The maximum atomic E-state index is 5.33. The Bertz CT molecular complexity index is 594. The van der Waals surface area contributed by atoms with Gasteiger partial charge in [-0.05, 0) is 89.4 Å². The van der Waals surface area contributed by atoms with E-state index in [1.807, 2.05) is 0 Å². The number of ether oxygens (including phenoxy) is 1. The van der Waals surface area contributed by atoms with Crippen LogP contribution in [0.3, 0.4) is 0 Å². The van der Waals surface area contributed by atoms with Crippen molar-refractivity contribution in [3.63, 3.8) is 0 Å². The van der Waals surface area contributed by atoms with E-state index < -0.39 is 0 Å². The lowest BCUT2D eigenvalue weighted by atomic mass is 9.87. The Kier molecular flexibility index (Phi) is 4.15. The van der Waals surface area contributed by atoms with Gasteiger partial charge in [-0.2, -0.15) is 0 Å². The van der Waals surface area contributed by atoms with Crippen LogP contribution < -0.4 is 10.1 Å². The number of nitrogens with one attached hydrogen (secondary N) is 1. The number of rotatable bonds is 3. The number of hydrogen-bond acceptors (Lipinski definition) is 2. The number of halogens is 1. The lowest BCUT2D eigenvalue weighted by molar-refractivity contribution is 0.413. The average Bonchev–Trinajstić information content (AvgIpc) is 2.49. The smallest absolute Gasteiger partial charge is 0.119 e. The molecule has 0 fully saturated rings. The van der Waals surface area contributed by atoms with Crippen molar-refractivity contribution < 1.29 is 4.74 Å². The molecule has 3 heteroatoms. The monoisotopic (exact) mass is 379 g/mol. The molecule has 0 aromatic heterocycles. The van der Waals surface area contributed by atoms with Crippen LogP contribution in [-0.4, -0.2) is 7.11 Å². The third-order valence-electron chi connectivity index (χ3n) is 3.85. The van der Waals surface area contributed by atoms with Gasteiger partial charge in [-0.15, -0.1) is 0 Å². The van der Waals surface area contributed by atoms with E-state index in [9.17, 15) is 0 Å². The summed E-state index contributed by atoms with van der Waals surface area (Å²) < 4.78 is 6.59. The molecular weight excluding hydrogens is 361 g/mol. The third kappa shape index (κ3) is 2.92. The van der Waals surface area contributed by atoms with Gasteiger partial charge in [-0.25, -0.2) is 0 Å². The molecule has 0 heterocycles. The molecule has 2 aromatic rings. The fraction of sp³-hybridized carbons (Fsp3) is 0.294. The fourth-order valence-electron chi connectivity index (χ4n) is 2.81. The first-order valence-electron chi connectivity index (χ1n) is 6.95. The lowest BCUT2D eigenvalue weighted by Crippen LogP contribution is -2.17. The van der Waals surface area contributed by atoms with Crippen molar-refractivity contribution in [2.75, 3.05) is 12.4 Å². The zero-order valence-corrected chi connectivity index (χ0v) is 13.7. The highest BCUT2D eigenvalue weighted by atomic mass is 127. The molecule has 1 aliphatic carbocycles. The number of fused-ring (bicyclic) bond motifs is 1. The standard InChI is InChI=1S/C17H18INO/c1-20-15-9-10-16-12(11-15)3-2-4-17(16)19-14-7-5-13(18)6-8-14/h5-11,17,19H,2-4H2,1H3. The zero-order chi connectivity index (χ0) is 13.9. The first-order chi connectivity index (χ1) is 9.76. The maximum absolute atomic E-state index is 5.33. The fourth-order valence-corrected chi connectivity index (χ4v) is 3.17. The predicted octanol–water partition coefficient (Wildman–Crippen LogP) is 4.79. The zero-order valence-electron chi connectivity index (χ0n) is 11.5. The molecular formula is C17H18INO. The molecule has 3 rings (SSSR count). The highest BCUT2D eigenvalue weighted by Gasteiger charge is 2.20. The van der Waals surface area contributed by atoms with Gasteiger partial charge in [0, 0.05) is 9.26 Å². The van der Waals surface area contributed by atoms with Crippen molar-refractivity contribution >= 4 is 28.3 Å². The van der Waals surface area contributed by atoms with Gasteiger partial charge in [0.1, 0.15) is 5.75 Å². The Hall–Kier alpha value is -1.23. The Morgan fingerprint density at radius 2 is 1.95 bits per heavy atom. The van der Waals surface area contributed by atoms with E-state index in [1.165, 1.54) is 33.2 Å². The van der Waals surface area contributed by atoms with Gasteiger partial charge in [0.05, 0.1) is 13.2 Å².